The molecule has 2 rings (SSSR count). The van der Waals surface area contributed by atoms with Crippen LogP contribution in [0.3, 0.4) is 0 Å². The summed E-state index contributed by atoms with van der Waals surface area (Å²) in [4.78, 5) is 0. The van der Waals surface area contributed by atoms with Crippen molar-refractivity contribution in [2.45, 2.75) is 0 Å². The summed E-state index contributed by atoms with van der Waals surface area (Å²) < 4.78 is 10.5. The predicted octanol–water partition coefficient (Wildman–Crippen LogP) is 2.24. The van der Waals surface area contributed by atoms with Crippen LogP contribution in [0.2, 0.25) is 0 Å². The van der Waals surface area contributed by atoms with Crippen molar-refractivity contribution in [3.63, 3.8) is 0 Å². The minimum atomic E-state index is 0.354. The van der Waals surface area contributed by atoms with Gasteiger partial charge in [-0.2, -0.15) is 0 Å². The highest BCUT2D eigenvalue weighted by molar-refractivity contribution is 7.36. The molecular weight excluding hydrogens is 218 g/mol. The van der Waals surface area contributed by atoms with Crippen LogP contribution < -0.4 is 11.0 Å². The van der Waals surface area contributed by atoms with Crippen molar-refractivity contribution in [1.29, 1.82) is 0 Å². The topological polar surface area (TPSA) is 46.8 Å². The van der Waals surface area contributed by atoms with Gasteiger partial charge in [0, 0.05) is 17.9 Å². The molecule has 0 radical (unpaired) electrons. The fourth-order valence-electron chi connectivity index (χ4n) is 0.810. The third-order valence-corrected chi connectivity index (χ3v) is 2.64. The average Bonchev–Trinajstić information content (AvgIpc) is 2.29. The van der Waals surface area contributed by atoms with E-state index in [0.717, 1.165) is 8.43 Å². The first-order valence-electron chi connectivity index (χ1n) is 3.95. The summed E-state index contributed by atoms with van der Waals surface area (Å²) in [6, 6.07) is 3.67. The minimum Gasteiger partial charge on any atom is -0.456 e. The first-order chi connectivity index (χ1) is 6.95. The molecule has 1 aromatic rings. The maximum absolute atomic E-state index is 5.26. The van der Waals surface area contributed by atoms with E-state index >= 15 is 0 Å². The van der Waals surface area contributed by atoms with Gasteiger partial charge in [0.2, 0.25) is 11.4 Å². The van der Waals surface area contributed by atoms with Crippen molar-refractivity contribution in [2.75, 3.05) is 0 Å². The quantitative estimate of drug-likeness (QED) is 0.621. The highest BCUT2D eigenvalue weighted by Crippen LogP contribution is 2.21. The number of rotatable bonds is 2. The van der Waals surface area contributed by atoms with Gasteiger partial charge in [-0.05, 0) is 11.9 Å². The van der Waals surface area contributed by atoms with Crippen LogP contribution in [0.25, 0.3) is 0 Å². The van der Waals surface area contributed by atoms with Crippen molar-refractivity contribution in [1.82, 2.24) is 5.43 Å². The summed E-state index contributed by atoms with van der Waals surface area (Å²) in [6.07, 6.45) is 3.74. The fourth-order valence-corrected chi connectivity index (χ4v) is 1.72. The van der Waals surface area contributed by atoms with E-state index in [0.29, 0.717) is 20.2 Å². The normalized spacial score (nSPS) is 18.3. The van der Waals surface area contributed by atoms with Gasteiger partial charge in [-0.3, -0.25) is 0 Å². The molecule has 2 heterocycles. The lowest BCUT2D eigenvalue weighted by Crippen LogP contribution is -2.12. The average molecular weight is 226 g/mol. The molecular formula is C8H8N2O2P2. The van der Waals surface area contributed by atoms with Crippen LogP contribution in [-0.2, 0) is 4.52 Å². The van der Waals surface area contributed by atoms with E-state index in [1.165, 1.54) is 0 Å². The maximum atomic E-state index is 5.26. The SMILES string of the molecule is C1=CPOC(NN=c2cccpo2)=C1. The Kier molecular flexibility index (Phi) is 3.33. The number of allylic oxidation sites excluding steroid dienone is 2. The molecule has 1 atom stereocenters. The van der Waals surface area contributed by atoms with Gasteiger partial charge in [-0.15, -0.1) is 5.10 Å². The zero-order valence-electron chi connectivity index (χ0n) is 7.18. The van der Waals surface area contributed by atoms with E-state index in [-0.39, 0.29) is 0 Å². The molecule has 1 unspecified atom stereocenters. The largest absolute Gasteiger partial charge is 0.456 e. The van der Waals surface area contributed by atoms with E-state index in [9.17, 15) is 0 Å². The van der Waals surface area contributed by atoms with Gasteiger partial charge in [-0.25, -0.2) is 5.43 Å². The molecule has 0 fully saturated rings. The molecule has 1 aliphatic rings. The Balaban J connectivity index is 2.06. The molecule has 0 saturated carbocycles. The van der Waals surface area contributed by atoms with Crippen LogP contribution in [0.4, 0.5) is 0 Å². The van der Waals surface area contributed by atoms with Crippen LogP contribution in [0.15, 0.2) is 51.1 Å². The fraction of sp³-hybridized carbons (Fsp3) is 0. The molecule has 0 aromatic carbocycles. The van der Waals surface area contributed by atoms with Gasteiger partial charge >= 0.3 is 0 Å². The zero-order valence-corrected chi connectivity index (χ0v) is 9.07. The number of hydrogen-bond acceptors (Lipinski definition) is 4. The molecule has 72 valence electrons. The van der Waals surface area contributed by atoms with E-state index in [2.05, 4.69) is 10.5 Å². The Morgan fingerprint density at radius 3 is 3.21 bits per heavy atom. The van der Waals surface area contributed by atoms with Gasteiger partial charge in [0.25, 0.3) is 0 Å². The van der Waals surface area contributed by atoms with E-state index in [4.69, 9.17) is 8.72 Å². The van der Waals surface area contributed by atoms with E-state index in [1.807, 2.05) is 29.8 Å². The number of nitrogens with one attached hydrogen (secondary N) is 1. The van der Waals surface area contributed by atoms with Crippen LogP contribution >= 0.6 is 17.2 Å². The second kappa shape index (κ2) is 4.94. The van der Waals surface area contributed by atoms with Crippen LogP contribution in [0.1, 0.15) is 0 Å². The second-order valence-electron chi connectivity index (χ2n) is 2.38. The van der Waals surface area contributed by atoms with Crippen molar-refractivity contribution in [3.05, 3.63) is 47.3 Å². The number of nitrogens with zero attached hydrogens (tertiary/aromatic N) is 1. The Labute approximate surface area is 84.4 Å². The predicted molar refractivity (Wildman–Crippen MR) is 56.5 cm³/mol. The maximum Gasteiger partial charge on any atom is 0.240 e. The molecule has 0 bridgehead atoms. The lowest BCUT2D eigenvalue weighted by Gasteiger charge is -2.08. The first kappa shape index (κ1) is 9.45. The van der Waals surface area contributed by atoms with Gasteiger partial charge in [0.05, 0.1) is 8.81 Å². The zero-order chi connectivity index (χ0) is 9.64. The lowest BCUT2D eigenvalue weighted by atomic mass is 10.6. The van der Waals surface area contributed by atoms with E-state index < -0.39 is 0 Å². The number of hydrogen-bond donors (Lipinski definition) is 1. The van der Waals surface area contributed by atoms with E-state index in [1.54, 1.807) is 6.07 Å². The van der Waals surface area contributed by atoms with Crippen LogP contribution in [0, 0.1) is 0 Å². The second-order valence-corrected chi connectivity index (χ2v) is 3.84. The summed E-state index contributed by atoms with van der Waals surface area (Å²) in [6.45, 7) is 0. The Bertz CT molecular complexity index is 408. The molecule has 0 saturated heterocycles. The van der Waals surface area contributed by atoms with Crippen molar-refractivity contribution >= 4 is 17.2 Å². The lowest BCUT2D eigenvalue weighted by molar-refractivity contribution is 0.424. The van der Waals surface area contributed by atoms with Crippen LogP contribution in [-0.4, -0.2) is 0 Å². The third-order valence-electron chi connectivity index (χ3n) is 1.39. The van der Waals surface area contributed by atoms with Crippen molar-refractivity contribution in [3.8, 4) is 0 Å². The molecule has 1 aromatic heterocycles. The third kappa shape index (κ3) is 2.69. The first-order valence-corrected chi connectivity index (χ1v) is 5.82. The van der Waals surface area contributed by atoms with Gasteiger partial charge in [0.1, 0.15) is 8.43 Å². The molecule has 4 nitrogen and oxygen atoms in total. The summed E-state index contributed by atoms with van der Waals surface area (Å²) in [5, 5.41) is 4.01. The summed E-state index contributed by atoms with van der Waals surface area (Å²) in [5.41, 5.74) is 3.33. The van der Waals surface area contributed by atoms with Crippen molar-refractivity contribution in [2.24, 2.45) is 5.10 Å². The highest BCUT2D eigenvalue weighted by Gasteiger charge is 1.96. The molecule has 6 heteroatoms. The molecule has 1 aliphatic heterocycles. The van der Waals surface area contributed by atoms with Crippen molar-refractivity contribution < 1.29 is 8.72 Å². The summed E-state index contributed by atoms with van der Waals surface area (Å²) in [7, 11) is 1.14. The molecule has 1 N–H and O–H groups in total. The molecule has 0 amide bonds. The standard InChI is InChI=1S/C8H8N2O2P2/c1-3-7(11-13-5-1)9-10-8-4-2-6-14-12-8/h1-6,9,13H. The Morgan fingerprint density at radius 2 is 2.50 bits per heavy atom. The summed E-state index contributed by atoms with van der Waals surface area (Å²) >= 11 is 0. The smallest absolute Gasteiger partial charge is 0.240 e. The Hall–Kier alpha value is -1.11. The molecule has 14 heavy (non-hydrogen) atoms. The van der Waals surface area contributed by atoms with Gasteiger partial charge < -0.3 is 8.72 Å². The van der Waals surface area contributed by atoms with Crippen LogP contribution in [0.5, 0.6) is 0 Å². The summed E-state index contributed by atoms with van der Waals surface area (Å²) in [5.74, 6) is 4.48. The molecule has 0 spiro atoms. The monoisotopic (exact) mass is 226 g/mol. The minimum absolute atomic E-state index is 0.354. The van der Waals surface area contributed by atoms with Gasteiger partial charge in [-0.1, -0.05) is 6.08 Å². The molecule has 0 aliphatic carbocycles. The highest BCUT2D eigenvalue weighted by atomic mass is 31.1. The Morgan fingerprint density at radius 1 is 1.50 bits per heavy atom. The van der Waals surface area contributed by atoms with Gasteiger partial charge in [0.15, 0.2) is 0 Å².